The molecule has 0 radical (unpaired) electrons. The Morgan fingerprint density at radius 2 is 0.709 bits per heavy atom. The average Bonchev–Trinajstić information content (AvgIpc) is 3.18. The Kier molecular flexibility index (Phi) is 40.2. The van der Waals surface area contributed by atoms with E-state index in [0.29, 0.717) is 19.3 Å². The van der Waals surface area contributed by atoms with Crippen LogP contribution in [0.4, 0.5) is 0 Å². The first-order valence-corrected chi connectivity index (χ1v) is 21.7. The number of rotatable bonds is 37. The van der Waals surface area contributed by atoms with Gasteiger partial charge >= 0.3 is 17.9 Å². The molecule has 1 atom stereocenters. The number of carbonyl (C=O) groups excluding carboxylic acids is 3. The zero-order valence-electron chi connectivity index (χ0n) is 35.1. The highest BCUT2D eigenvalue weighted by Gasteiger charge is 2.19. The van der Waals surface area contributed by atoms with Crippen LogP contribution in [0.25, 0.3) is 0 Å². The maximum absolute atomic E-state index is 12.6. The summed E-state index contributed by atoms with van der Waals surface area (Å²) in [5, 5.41) is 0. The van der Waals surface area contributed by atoms with Gasteiger partial charge in [-0.05, 0) is 83.5 Å². The molecule has 0 fully saturated rings. The number of hydrogen-bond donors (Lipinski definition) is 0. The molecule has 55 heavy (non-hydrogen) atoms. The van der Waals surface area contributed by atoms with E-state index >= 15 is 0 Å². The smallest absolute Gasteiger partial charge is 0.306 e. The minimum Gasteiger partial charge on any atom is -0.462 e. The molecule has 1 unspecified atom stereocenters. The van der Waals surface area contributed by atoms with E-state index in [1.807, 2.05) is 0 Å². The third-order valence-corrected chi connectivity index (χ3v) is 8.58. The number of hydrogen-bond acceptors (Lipinski definition) is 6. The van der Waals surface area contributed by atoms with Gasteiger partial charge < -0.3 is 14.2 Å². The third-order valence-electron chi connectivity index (χ3n) is 8.58. The molecule has 0 amide bonds. The van der Waals surface area contributed by atoms with Crippen molar-refractivity contribution in [3.8, 4) is 0 Å². The lowest BCUT2D eigenvalue weighted by Crippen LogP contribution is -2.30. The lowest BCUT2D eigenvalue weighted by atomic mass is 10.1. The number of unbranched alkanes of at least 4 members (excludes halogenated alkanes) is 10. The Hall–Kier alpha value is -3.67. The summed E-state index contributed by atoms with van der Waals surface area (Å²) in [5.74, 6) is -1.05. The monoisotopic (exact) mass is 763 g/mol. The standard InChI is InChI=1S/C49H78O6/c1-4-7-10-13-16-19-21-22-23-24-25-26-28-30-33-36-39-42-48(51)54-45-46(44-53-47(50)41-38-35-32-29-18-15-12-9-6-3)55-49(52)43-40-37-34-31-27-20-17-14-11-8-5-2/h7-8,10-11,16-17,19-20,22-23,25-26,30-31,33-34,46H,4-6,9,12-15,18,21,24,27-29,32,35-45H2,1-3H3/b10-7-,11-8-,19-16-,20-17-,23-22-,26-25-,33-30-,34-31-. The van der Waals surface area contributed by atoms with Crippen LogP contribution < -0.4 is 0 Å². The summed E-state index contributed by atoms with van der Waals surface area (Å²) >= 11 is 0. The fraction of sp³-hybridized carbons (Fsp3) is 0.612. The maximum atomic E-state index is 12.6. The molecule has 0 saturated carbocycles. The SMILES string of the molecule is CC/C=C\C/C=C\C/C=C\C/C=C\C/C=C\CCCC(=O)OCC(COC(=O)CCCCCCCCCCC)OC(=O)CCC/C=C\C/C=C\C/C=C\CC. The van der Waals surface area contributed by atoms with Crippen molar-refractivity contribution < 1.29 is 28.6 Å². The van der Waals surface area contributed by atoms with Crippen molar-refractivity contribution in [3.05, 3.63) is 97.2 Å². The van der Waals surface area contributed by atoms with Crippen LogP contribution in [0, 0.1) is 0 Å². The van der Waals surface area contributed by atoms with Gasteiger partial charge in [0.1, 0.15) is 13.2 Å². The highest BCUT2D eigenvalue weighted by molar-refractivity contribution is 5.71. The highest BCUT2D eigenvalue weighted by atomic mass is 16.6. The molecule has 0 aromatic rings. The molecule has 0 N–H and O–H groups in total. The van der Waals surface area contributed by atoms with E-state index in [2.05, 4.69) is 118 Å². The quantitative estimate of drug-likeness (QED) is 0.0271. The van der Waals surface area contributed by atoms with Crippen LogP contribution in [0.2, 0.25) is 0 Å². The summed E-state index contributed by atoms with van der Waals surface area (Å²) in [7, 11) is 0. The minimum atomic E-state index is -0.822. The van der Waals surface area contributed by atoms with Gasteiger partial charge in [0.15, 0.2) is 6.10 Å². The largest absolute Gasteiger partial charge is 0.462 e. The number of esters is 3. The van der Waals surface area contributed by atoms with Crippen LogP contribution in [0.5, 0.6) is 0 Å². The maximum Gasteiger partial charge on any atom is 0.306 e. The third kappa shape index (κ3) is 41.3. The number of ether oxygens (including phenoxy) is 3. The van der Waals surface area contributed by atoms with E-state index in [0.717, 1.165) is 83.5 Å². The van der Waals surface area contributed by atoms with Crippen molar-refractivity contribution in [2.45, 2.75) is 181 Å². The molecular weight excluding hydrogens is 685 g/mol. The Balaban J connectivity index is 4.52. The zero-order chi connectivity index (χ0) is 40.1. The average molecular weight is 763 g/mol. The van der Waals surface area contributed by atoms with Crippen molar-refractivity contribution in [1.29, 1.82) is 0 Å². The Morgan fingerprint density at radius 3 is 1.11 bits per heavy atom. The molecule has 0 aliphatic heterocycles. The van der Waals surface area contributed by atoms with E-state index in [9.17, 15) is 14.4 Å². The van der Waals surface area contributed by atoms with E-state index in [1.165, 1.54) is 38.5 Å². The van der Waals surface area contributed by atoms with Crippen LogP contribution in [0.3, 0.4) is 0 Å². The first-order chi connectivity index (χ1) is 27.0. The van der Waals surface area contributed by atoms with Gasteiger partial charge in [-0.3, -0.25) is 14.4 Å². The second kappa shape index (κ2) is 43.1. The van der Waals surface area contributed by atoms with Crippen molar-refractivity contribution in [3.63, 3.8) is 0 Å². The second-order valence-corrected chi connectivity index (χ2v) is 13.8. The molecule has 0 aliphatic carbocycles. The first kappa shape index (κ1) is 51.3. The van der Waals surface area contributed by atoms with Crippen LogP contribution in [0.15, 0.2) is 97.2 Å². The van der Waals surface area contributed by atoms with Gasteiger partial charge in [-0.2, -0.15) is 0 Å². The van der Waals surface area contributed by atoms with E-state index in [1.54, 1.807) is 0 Å². The number of carbonyl (C=O) groups is 3. The van der Waals surface area contributed by atoms with Crippen molar-refractivity contribution in [1.82, 2.24) is 0 Å². The molecule has 0 rings (SSSR count). The lowest BCUT2D eigenvalue weighted by molar-refractivity contribution is -0.167. The molecule has 0 bridgehead atoms. The van der Waals surface area contributed by atoms with Gasteiger partial charge in [-0.15, -0.1) is 0 Å². The Morgan fingerprint density at radius 1 is 0.382 bits per heavy atom. The normalized spacial score (nSPS) is 13.0. The summed E-state index contributed by atoms with van der Waals surface area (Å²) in [5.41, 5.74) is 0. The molecule has 0 aromatic heterocycles. The van der Waals surface area contributed by atoms with Crippen molar-refractivity contribution in [2.24, 2.45) is 0 Å². The van der Waals surface area contributed by atoms with Gasteiger partial charge in [0.2, 0.25) is 0 Å². The van der Waals surface area contributed by atoms with Gasteiger partial charge in [-0.1, -0.05) is 169 Å². The van der Waals surface area contributed by atoms with E-state index < -0.39 is 6.10 Å². The van der Waals surface area contributed by atoms with E-state index in [-0.39, 0.29) is 44.0 Å². The van der Waals surface area contributed by atoms with Crippen molar-refractivity contribution >= 4 is 17.9 Å². The minimum absolute atomic E-state index is 0.116. The van der Waals surface area contributed by atoms with Crippen LogP contribution in [-0.4, -0.2) is 37.2 Å². The molecule has 0 saturated heterocycles. The predicted molar refractivity (Wildman–Crippen MR) is 233 cm³/mol. The highest BCUT2D eigenvalue weighted by Crippen LogP contribution is 2.12. The molecule has 0 aromatic carbocycles. The van der Waals surface area contributed by atoms with E-state index in [4.69, 9.17) is 14.2 Å². The summed E-state index contributed by atoms with van der Waals surface area (Å²) < 4.78 is 16.5. The Bertz CT molecular complexity index is 1150. The first-order valence-electron chi connectivity index (χ1n) is 21.7. The predicted octanol–water partition coefficient (Wildman–Crippen LogP) is 13.9. The Labute approximate surface area is 337 Å². The van der Waals surface area contributed by atoms with Crippen LogP contribution >= 0.6 is 0 Å². The van der Waals surface area contributed by atoms with Gasteiger partial charge in [0.25, 0.3) is 0 Å². The van der Waals surface area contributed by atoms with Crippen molar-refractivity contribution in [2.75, 3.05) is 13.2 Å². The molecular formula is C49H78O6. The summed E-state index contributed by atoms with van der Waals surface area (Å²) in [4.78, 5) is 37.6. The number of allylic oxidation sites excluding steroid dienone is 16. The van der Waals surface area contributed by atoms with Gasteiger partial charge in [0, 0.05) is 19.3 Å². The molecule has 6 heteroatoms. The lowest BCUT2D eigenvalue weighted by Gasteiger charge is -2.18. The summed E-state index contributed by atoms with van der Waals surface area (Å²) in [6, 6.07) is 0. The van der Waals surface area contributed by atoms with Crippen LogP contribution in [0.1, 0.15) is 175 Å². The molecule has 6 nitrogen and oxygen atoms in total. The van der Waals surface area contributed by atoms with Crippen LogP contribution in [-0.2, 0) is 28.6 Å². The second-order valence-electron chi connectivity index (χ2n) is 13.8. The summed E-state index contributed by atoms with van der Waals surface area (Å²) in [6.07, 6.45) is 55.5. The van der Waals surface area contributed by atoms with Gasteiger partial charge in [0.05, 0.1) is 0 Å². The fourth-order valence-corrected chi connectivity index (χ4v) is 5.38. The molecule has 0 aliphatic rings. The summed E-state index contributed by atoms with van der Waals surface area (Å²) in [6.45, 7) is 6.25. The molecule has 0 heterocycles. The van der Waals surface area contributed by atoms with Gasteiger partial charge in [-0.25, -0.2) is 0 Å². The molecule has 0 spiro atoms. The molecule has 310 valence electrons. The topological polar surface area (TPSA) is 78.9 Å². The fourth-order valence-electron chi connectivity index (χ4n) is 5.38. The zero-order valence-corrected chi connectivity index (χ0v) is 35.1.